The molecule has 0 saturated carbocycles. The molecule has 0 aliphatic rings. The molecule has 170 valence electrons. The highest BCUT2D eigenvalue weighted by Crippen LogP contribution is 2.36. The maximum Gasteiger partial charge on any atom is 0.267 e. The Labute approximate surface area is 200 Å². The molecule has 1 amide bonds. The fourth-order valence-electron chi connectivity index (χ4n) is 4.02. The average Bonchev–Trinajstić information content (AvgIpc) is 3.27. The summed E-state index contributed by atoms with van der Waals surface area (Å²) in [5.74, 6) is 0.356. The predicted octanol–water partition coefficient (Wildman–Crippen LogP) is 4.26. The number of hydrogen-bond donors (Lipinski definition) is 0. The van der Waals surface area contributed by atoms with Crippen LogP contribution in [0.15, 0.2) is 88.8 Å². The van der Waals surface area contributed by atoms with Crippen molar-refractivity contribution in [2.24, 2.45) is 0 Å². The minimum absolute atomic E-state index is 0.0514. The number of hydrogen-bond acceptors (Lipinski definition) is 5. The van der Waals surface area contributed by atoms with Gasteiger partial charge in [0.25, 0.3) is 5.56 Å². The van der Waals surface area contributed by atoms with Gasteiger partial charge in [0, 0.05) is 14.1 Å². The number of likely N-dealkylation sites (N-methyl/N-ethyl adjacent to an activating group) is 1. The average molecular weight is 470 g/mol. The zero-order chi connectivity index (χ0) is 23.8. The summed E-state index contributed by atoms with van der Waals surface area (Å²) < 4.78 is 3.47. The zero-order valence-corrected chi connectivity index (χ0v) is 19.9. The molecular formula is C26H23N5O2S. The van der Waals surface area contributed by atoms with Gasteiger partial charge in [-0.05, 0) is 36.2 Å². The van der Waals surface area contributed by atoms with E-state index in [0.717, 1.165) is 16.8 Å². The number of nitrogens with zero attached hydrogens (tertiary/aromatic N) is 5. The highest BCUT2D eigenvalue weighted by molar-refractivity contribution is 8.00. The smallest absolute Gasteiger partial charge is 0.267 e. The van der Waals surface area contributed by atoms with Crippen molar-refractivity contribution in [3.63, 3.8) is 0 Å². The Morgan fingerprint density at radius 2 is 1.59 bits per heavy atom. The summed E-state index contributed by atoms with van der Waals surface area (Å²) in [6.07, 6.45) is 0. The van der Waals surface area contributed by atoms with E-state index in [1.807, 2.05) is 84.1 Å². The van der Waals surface area contributed by atoms with E-state index in [1.54, 1.807) is 29.6 Å². The molecule has 8 heteroatoms. The number of carbonyl (C=O) groups is 1. The number of rotatable bonds is 5. The molecule has 0 N–H and O–H groups in total. The molecule has 0 spiro atoms. The Kier molecular flexibility index (Phi) is 5.67. The van der Waals surface area contributed by atoms with Crippen LogP contribution >= 0.6 is 11.8 Å². The fourth-order valence-corrected chi connectivity index (χ4v) is 5.20. The number of aryl methyl sites for hydroxylation is 1. The maximum absolute atomic E-state index is 13.6. The number of amides is 1. The first-order chi connectivity index (χ1) is 16.5. The SMILES string of the molecule is Cc1ccccc1-n1c(=O)c2ccccc2n2c(SC(C(=O)N(C)C)c3ccccc3)nnc12. The third-order valence-electron chi connectivity index (χ3n) is 5.74. The van der Waals surface area contributed by atoms with Gasteiger partial charge in [0.05, 0.1) is 16.6 Å². The maximum atomic E-state index is 13.6. The first-order valence-corrected chi connectivity index (χ1v) is 11.7. The van der Waals surface area contributed by atoms with E-state index in [4.69, 9.17) is 0 Å². The van der Waals surface area contributed by atoms with Crippen LogP contribution in [0, 0.1) is 6.92 Å². The molecule has 5 aromatic rings. The van der Waals surface area contributed by atoms with Crippen LogP contribution in [0.2, 0.25) is 0 Å². The summed E-state index contributed by atoms with van der Waals surface area (Å²) in [6, 6.07) is 24.7. The third-order valence-corrected chi connectivity index (χ3v) is 6.93. The molecule has 0 saturated heterocycles. The molecule has 3 aromatic carbocycles. The van der Waals surface area contributed by atoms with E-state index in [2.05, 4.69) is 10.2 Å². The van der Waals surface area contributed by atoms with Crippen LogP contribution in [-0.2, 0) is 4.79 Å². The molecule has 1 unspecified atom stereocenters. The van der Waals surface area contributed by atoms with E-state index < -0.39 is 5.25 Å². The Bertz CT molecular complexity index is 1570. The molecule has 1 atom stereocenters. The summed E-state index contributed by atoms with van der Waals surface area (Å²) in [6.45, 7) is 1.96. The summed E-state index contributed by atoms with van der Waals surface area (Å²) in [7, 11) is 3.48. The first kappa shape index (κ1) is 21.9. The van der Waals surface area contributed by atoms with Gasteiger partial charge in [0.15, 0.2) is 5.16 Å². The van der Waals surface area contributed by atoms with Gasteiger partial charge < -0.3 is 4.90 Å². The zero-order valence-electron chi connectivity index (χ0n) is 19.0. The summed E-state index contributed by atoms with van der Waals surface area (Å²) in [5, 5.41) is 9.46. The van der Waals surface area contributed by atoms with E-state index in [-0.39, 0.29) is 11.5 Å². The van der Waals surface area contributed by atoms with Crippen molar-refractivity contribution in [3.8, 4) is 5.69 Å². The van der Waals surface area contributed by atoms with Gasteiger partial charge in [0.1, 0.15) is 5.25 Å². The molecule has 5 rings (SSSR count). The van der Waals surface area contributed by atoms with E-state index >= 15 is 0 Å². The molecule has 34 heavy (non-hydrogen) atoms. The molecule has 0 bridgehead atoms. The highest BCUT2D eigenvalue weighted by Gasteiger charge is 2.27. The van der Waals surface area contributed by atoms with Crippen molar-refractivity contribution in [1.82, 2.24) is 24.1 Å². The van der Waals surface area contributed by atoms with Crippen molar-refractivity contribution in [2.75, 3.05) is 14.1 Å². The lowest BCUT2D eigenvalue weighted by atomic mass is 10.1. The van der Waals surface area contributed by atoms with Crippen LogP contribution in [0.25, 0.3) is 22.4 Å². The Balaban J connectivity index is 1.78. The number of thioether (sulfide) groups is 1. The first-order valence-electron chi connectivity index (χ1n) is 10.8. The Morgan fingerprint density at radius 1 is 0.912 bits per heavy atom. The molecule has 0 radical (unpaired) electrons. The lowest BCUT2D eigenvalue weighted by Crippen LogP contribution is -2.27. The minimum atomic E-state index is -0.513. The summed E-state index contributed by atoms with van der Waals surface area (Å²) in [4.78, 5) is 28.3. The molecule has 2 aromatic heterocycles. The molecule has 0 aliphatic heterocycles. The number of fused-ring (bicyclic) bond motifs is 3. The molecule has 2 heterocycles. The van der Waals surface area contributed by atoms with Gasteiger partial charge in [0.2, 0.25) is 11.7 Å². The van der Waals surface area contributed by atoms with Crippen molar-refractivity contribution < 1.29 is 4.79 Å². The Hall–Kier alpha value is -3.91. The van der Waals surface area contributed by atoms with E-state index in [1.165, 1.54) is 11.8 Å². The van der Waals surface area contributed by atoms with Crippen molar-refractivity contribution >= 4 is 34.3 Å². The van der Waals surface area contributed by atoms with Crippen LogP contribution in [-0.4, -0.2) is 44.1 Å². The molecule has 7 nitrogen and oxygen atoms in total. The number of aromatic nitrogens is 4. The predicted molar refractivity (Wildman–Crippen MR) is 135 cm³/mol. The topological polar surface area (TPSA) is 72.5 Å². The van der Waals surface area contributed by atoms with Crippen molar-refractivity contribution in [1.29, 1.82) is 0 Å². The third kappa shape index (κ3) is 3.66. The number of benzene rings is 3. The van der Waals surface area contributed by atoms with Crippen LogP contribution in [0.5, 0.6) is 0 Å². The standard InChI is InChI=1S/C26H23N5O2S/c1-17-11-7-9-15-20(17)30-23(32)19-14-8-10-16-21(19)31-25(30)27-28-26(31)34-22(24(33)29(2)3)18-12-5-4-6-13-18/h4-16,22H,1-3H3. The van der Waals surface area contributed by atoms with Crippen molar-refractivity contribution in [2.45, 2.75) is 17.3 Å². The largest absolute Gasteiger partial charge is 0.348 e. The van der Waals surface area contributed by atoms with Crippen LogP contribution in [0.3, 0.4) is 0 Å². The second kappa shape index (κ2) is 8.79. The lowest BCUT2D eigenvalue weighted by Gasteiger charge is -2.20. The number of carbonyl (C=O) groups excluding carboxylic acids is 1. The minimum Gasteiger partial charge on any atom is -0.348 e. The summed E-state index contributed by atoms with van der Waals surface area (Å²) in [5.41, 5.74) is 3.11. The second-order valence-corrected chi connectivity index (χ2v) is 9.28. The molecule has 0 fully saturated rings. The van der Waals surface area contributed by atoms with Gasteiger partial charge in [-0.15, -0.1) is 10.2 Å². The lowest BCUT2D eigenvalue weighted by molar-refractivity contribution is -0.128. The van der Waals surface area contributed by atoms with Crippen LogP contribution in [0.4, 0.5) is 0 Å². The number of para-hydroxylation sites is 2. The quantitative estimate of drug-likeness (QED) is 0.360. The van der Waals surface area contributed by atoms with Crippen LogP contribution < -0.4 is 5.56 Å². The van der Waals surface area contributed by atoms with Crippen molar-refractivity contribution in [3.05, 3.63) is 100 Å². The fraction of sp³-hybridized carbons (Fsp3) is 0.154. The van der Waals surface area contributed by atoms with Crippen LogP contribution in [0.1, 0.15) is 16.4 Å². The second-order valence-electron chi connectivity index (χ2n) is 8.20. The molecule has 0 aliphatic carbocycles. The van der Waals surface area contributed by atoms with Gasteiger partial charge in [-0.1, -0.05) is 72.4 Å². The monoisotopic (exact) mass is 469 g/mol. The summed E-state index contributed by atoms with van der Waals surface area (Å²) >= 11 is 1.33. The highest BCUT2D eigenvalue weighted by atomic mass is 32.2. The van der Waals surface area contributed by atoms with Gasteiger partial charge in [-0.2, -0.15) is 0 Å². The Morgan fingerprint density at radius 3 is 2.32 bits per heavy atom. The van der Waals surface area contributed by atoms with E-state index in [9.17, 15) is 9.59 Å². The molecular weight excluding hydrogens is 446 g/mol. The van der Waals surface area contributed by atoms with Gasteiger partial charge in [-0.25, -0.2) is 4.57 Å². The normalized spacial score (nSPS) is 12.2. The van der Waals surface area contributed by atoms with E-state index in [0.29, 0.717) is 21.8 Å². The van der Waals surface area contributed by atoms with Gasteiger partial charge >= 0.3 is 0 Å². The van der Waals surface area contributed by atoms with Gasteiger partial charge in [-0.3, -0.25) is 14.0 Å².